The first-order valence-electron chi connectivity index (χ1n) is 5.15. The number of hydrogen-bond acceptors (Lipinski definition) is 3. The molecule has 0 amide bonds. The number of benzene rings is 1. The van der Waals surface area contributed by atoms with Gasteiger partial charge in [0, 0.05) is 22.9 Å². The van der Waals surface area contributed by atoms with E-state index in [1.807, 2.05) is 17.8 Å². The van der Waals surface area contributed by atoms with E-state index in [4.69, 9.17) is 4.74 Å². The van der Waals surface area contributed by atoms with Gasteiger partial charge in [-0.05, 0) is 23.6 Å². The molecule has 1 aliphatic rings. The maximum absolute atomic E-state index is 5.23. The van der Waals surface area contributed by atoms with Gasteiger partial charge in [-0.3, -0.25) is 0 Å². The van der Waals surface area contributed by atoms with E-state index in [2.05, 4.69) is 31.3 Å². The molecule has 1 N–H and O–H groups in total. The van der Waals surface area contributed by atoms with E-state index >= 15 is 0 Å². The van der Waals surface area contributed by atoms with Gasteiger partial charge in [-0.15, -0.1) is 11.8 Å². The van der Waals surface area contributed by atoms with Crippen LogP contribution in [0, 0.1) is 5.41 Å². The molecule has 1 aromatic carbocycles. The largest absolute Gasteiger partial charge is 0.497 e. The van der Waals surface area contributed by atoms with E-state index in [-0.39, 0.29) is 0 Å². The maximum Gasteiger partial charge on any atom is 0.120 e. The summed E-state index contributed by atoms with van der Waals surface area (Å²) in [6.07, 6.45) is 0. The van der Waals surface area contributed by atoms with Crippen LogP contribution >= 0.6 is 11.8 Å². The van der Waals surface area contributed by atoms with Crippen LogP contribution in [0.4, 0.5) is 5.69 Å². The third-order valence-corrected chi connectivity index (χ3v) is 4.14. The van der Waals surface area contributed by atoms with E-state index in [0.717, 1.165) is 18.0 Å². The van der Waals surface area contributed by atoms with Crippen LogP contribution in [0.15, 0.2) is 23.1 Å². The zero-order valence-electron chi connectivity index (χ0n) is 9.46. The molecule has 0 unspecified atom stereocenters. The summed E-state index contributed by atoms with van der Waals surface area (Å²) in [5.74, 6) is 2.07. The topological polar surface area (TPSA) is 21.3 Å². The third-order valence-electron chi connectivity index (χ3n) is 2.56. The summed E-state index contributed by atoms with van der Waals surface area (Å²) in [6.45, 7) is 5.60. The van der Waals surface area contributed by atoms with Gasteiger partial charge in [0.05, 0.1) is 7.11 Å². The smallest absolute Gasteiger partial charge is 0.120 e. The van der Waals surface area contributed by atoms with Crippen LogP contribution in [0.25, 0.3) is 0 Å². The Morgan fingerprint density at radius 3 is 2.93 bits per heavy atom. The molecular formula is C12H17NOS. The van der Waals surface area contributed by atoms with Gasteiger partial charge in [0.1, 0.15) is 5.75 Å². The van der Waals surface area contributed by atoms with E-state index < -0.39 is 0 Å². The van der Waals surface area contributed by atoms with Crippen molar-refractivity contribution in [2.75, 3.05) is 24.7 Å². The Morgan fingerprint density at radius 1 is 1.40 bits per heavy atom. The van der Waals surface area contributed by atoms with Crippen molar-refractivity contribution in [1.29, 1.82) is 0 Å². The standard InChI is InChI=1S/C12H17NOS/c1-12(2)7-13-10-5-4-9(14-3)6-11(10)15-8-12/h4-6,13H,7-8H2,1-3H3. The molecule has 0 saturated carbocycles. The average Bonchev–Trinajstić information content (AvgIpc) is 2.38. The van der Waals surface area contributed by atoms with Crippen LogP contribution < -0.4 is 10.1 Å². The van der Waals surface area contributed by atoms with Crippen LogP contribution in [-0.4, -0.2) is 19.4 Å². The Hall–Kier alpha value is -0.830. The second kappa shape index (κ2) is 3.97. The fourth-order valence-corrected chi connectivity index (χ4v) is 2.70. The summed E-state index contributed by atoms with van der Waals surface area (Å²) >= 11 is 1.90. The summed E-state index contributed by atoms with van der Waals surface area (Å²) in [5, 5.41) is 3.49. The Balaban J connectivity index is 2.27. The molecule has 2 rings (SSSR count). The van der Waals surface area contributed by atoms with Crippen LogP contribution in [-0.2, 0) is 0 Å². The molecule has 0 spiro atoms. The normalized spacial score (nSPS) is 18.6. The van der Waals surface area contributed by atoms with Crippen molar-refractivity contribution >= 4 is 17.4 Å². The molecule has 0 atom stereocenters. The van der Waals surface area contributed by atoms with Gasteiger partial charge in [0.25, 0.3) is 0 Å². The molecule has 3 heteroatoms. The van der Waals surface area contributed by atoms with Crippen molar-refractivity contribution < 1.29 is 4.74 Å². The number of anilines is 1. The van der Waals surface area contributed by atoms with E-state index in [1.165, 1.54) is 10.6 Å². The zero-order chi connectivity index (χ0) is 10.9. The highest BCUT2D eigenvalue weighted by molar-refractivity contribution is 7.99. The quantitative estimate of drug-likeness (QED) is 0.789. The number of ether oxygens (including phenoxy) is 1. The highest BCUT2D eigenvalue weighted by atomic mass is 32.2. The highest BCUT2D eigenvalue weighted by Crippen LogP contribution is 2.38. The summed E-state index contributed by atoms with van der Waals surface area (Å²) in [4.78, 5) is 1.29. The molecule has 0 saturated heterocycles. The van der Waals surface area contributed by atoms with Crippen LogP contribution in [0.2, 0.25) is 0 Å². The van der Waals surface area contributed by atoms with Crippen molar-refractivity contribution in [3.63, 3.8) is 0 Å². The molecule has 82 valence electrons. The molecule has 1 aliphatic heterocycles. The Bertz CT molecular complexity index is 363. The predicted molar refractivity (Wildman–Crippen MR) is 66.0 cm³/mol. The minimum atomic E-state index is 0.344. The molecule has 0 bridgehead atoms. The molecule has 1 aromatic rings. The number of fused-ring (bicyclic) bond motifs is 1. The van der Waals surface area contributed by atoms with E-state index in [0.29, 0.717) is 5.41 Å². The number of nitrogens with one attached hydrogen (secondary N) is 1. The molecular weight excluding hydrogens is 206 g/mol. The van der Waals surface area contributed by atoms with Crippen molar-refractivity contribution in [3.05, 3.63) is 18.2 Å². The van der Waals surface area contributed by atoms with Gasteiger partial charge in [0.2, 0.25) is 0 Å². The lowest BCUT2D eigenvalue weighted by Crippen LogP contribution is -2.23. The van der Waals surface area contributed by atoms with Crippen molar-refractivity contribution in [2.24, 2.45) is 5.41 Å². The first-order valence-corrected chi connectivity index (χ1v) is 6.14. The van der Waals surface area contributed by atoms with Gasteiger partial charge >= 0.3 is 0 Å². The number of methoxy groups -OCH3 is 1. The lowest BCUT2D eigenvalue weighted by atomic mass is 9.96. The lowest BCUT2D eigenvalue weighted by molar-refractivity contribution is 0.414. The van der Waals surface area contributed by atoms with Crippen LogP contribution in [0.1, 0.15) is 13.8 Å². The summed E-state index contributed by atoms with van der Waals surface area (Å²) in [6, 6.07) is 6.21. The highest BCUT2D eigenvalue weighted by Gasteiger charge is 2.22. The minimum absolute atomic E-state index is 0.344. The Labute approximate surface area is 95.4 Å². The third kappa shape index (κ3) is 2.40. The Morgan fingerprint density at radius 2 is 2.20 bits per heavy atom. The van der Waals surface area contributed by atoms with Gasteiger partial charge in [0.15, 0.2) is 0 Å². The fraction of sp³-hybridized carbons (Fsp3) is 0.500. The second-order valence-corrected chi connectivity index (χ2v) is 5.69. The molecule has 2 nitrogen and oxygen atoms in total. The number of hydrogen-bond donors (Lipinski definition) is 1. The predicted octanol–water partition coefficient (Wildman–Crippen LogP) is 3.24. The minimum Gasteiger partial charge on any atom is -0.497 e. The molecule has 1 heterocycles. The van der Waals surface area contributed by atoms with E-state index in [1.54, 1.807) is 7.11 Å². The maximum atomic E-state index is 5.23. The lowest BCUT2D eigenvalue weighted by Gasteiger charge is -2.21. The molecule has 0 radical (unpaired) electrons. The first kappa shape index (κ1) is 10.7. The van der Waals surface area contributed by atoms with Gasteiger partial charge < -0.3 is 10.1 Å². The van der Waals surface area contributed by atoms with Crippen molar-refractivity contribution in [2.45, 2.75) is 18.7 Å². The zero-order valence-corrected chi connectivity index (χ0v) is 10.3. The van der Waals surface area contributed by atoms with E-state index in [9.17, 15) is 0 Å². The first-order chi connectivity index (χ1) is 7.11. The van der Waals surface area contributed by atoms with Crippen molar-refractivity contribution in [3.8, 4) is 5.75 Å². The summed E-state index contributed by atoms with van der Waals surface area (Å²) in [7, 11) is 1.71. The summed E-state index contributed by atoms with van der Waals surface area (Å²) in [5.41, 5.74) is 1.57. The van der Waals surface area contributed by atoms with Gasteiger partial charge in [-0.25, -0.2) is 0 Å². The van der Waals surface area contributed by atoms with Gasteiger partial charge in [-0.2, -0.15) is 0 Å². The summed E-state index contributed by atoms with van der Waals surface area (Å²) < 4.78 is 5.23. The molecule has 0 fully saturated rings. The second-order valence-electron chi connectivity index (χ2n) is 4.67. The average molecular weight is 223 g/mol. The van der Waals surface area contributed by atoms with Crippen LogP contribution in [0.5, 0.6) is 5.75 Å². The van der Waals surface area contributed by atoms with Crippen LogP contribution in [0.3, 0.4) is 0 Å². The SMILES string of the molecule is COc1ccc2c(c1)SCC(C)(C)CN2. The number of rotatable bonds is 1. The number of thioether (sulfide) groups is 1. The fourth-order valence-electron chi connectivity index (χ4n) is 1.55. The monoisotopic (exact) mass is 223 g/mol. The van der Waals surface area contributed by atoms with Gasteiger partial charge in [-0.1, -0.05) is 13.8 Å². The van der Waals surface area contributed by atoms with Crippen molar-refractivity contribution in [1.82, 2.24) is 0 Å². The molecule has 15 heavy (non-hydrogen) atoms. The molecule has 0 aromatic heterocycles. The molecule has 0 aliphatic carbocycles. The Kier molecular flexibility index (Phi) is 2.83.